The van der Waals surface area contributed by atoms with Gasteiger partial charge in [-0.15, -0.1) is 0 Å². The quantitative estimate of drug-likeness (QED) is 0.613. The SMILES string of the molecule is O=C(NCc1ccc(CN2CCCCCC2)cc1)C1(c2ccc(Br)cc2)CCOCC1. The maximum Gasteiger partial charge on any atom is 0.231 e. The molecule has 2 aliphatic heterocycles. The second-order valence-electron chi connectivity index (χ2n) is 8.89. The maximum absolute atomic E-state index is 13.4. The molecule has 0 aliphatic carbocycles. The largest absolute Gasteiger partial charge is 0.381 e. The third-order valence-corrected chi connectivity index (χ3v) is 7.29. The summed E-state index contributed by atoms with van der Waals surface area (Å²) in [5, 5.41) is 3.22. The van der Waals surface area contributed by atoms with Crippen LogP contribution < -0.4 is 5.32 Å². The van der Waals surface area contributed by atoms with Crippen LogP contribution in [0.25, 0.3) is 0 Å². The number of rotatable bonds is 6. The summed E-state index contributed by atoms with van der Waals surface area (Å²) >= 11 is 3.50. The first kappa shape index (κ1) is 22.5. The first-order valence-electron chi connectivity index (χ1n) is 11.6. The van der Waals surface area contributed by atoms with Gasteiger partial charge in [-0.3, -0.25) is 9.69 Å². The van der Waals surface area contributed by atoms with Gasteiger partial charge < -0.3 is 10.1 Å². The molecule has 0 atom stereocenters. The highest BCUT2D eigenvalue weighted by Crippen LogP contribution is 2.36. The van der Waals surface area contributed by atoms with Crippen LogP contribution in [0.4, 0.5) is 0 Å². The van der Waals surface area contributed by atoms with Gasteiger partial charge in [0.2, 0.25) is 5.91 Å². The lowest BCUT2D eigenvalue weighted by molar-refractivity contribution is -0.130. The fourth-order valence-corrected chi connectivity index (χ4v) is 5.07. The predicted octanol–water partition coefficient (Wildman–Crippen LogP) is 5.19. The number of amides is 1. The number of carbonyl (C=O) groups excluding carboxylic acids is 1. The van der Waals surface area contributed by atoms with Gasteiger partial charge in [-0.1, -0.05) is 65.2 Å². The molecule has 2 aliphatic rings. The van der Waals surface area contributed by atoms with Crippen molar-refractivity contribution in [3.8, 4) is 0 Å². The zero-order valence-electron chi connectivity index (χ0n) is 18.2. The van der Waals surface area contributed by atoms with Crippen molar-refractivity contribution in [3.63, 3.8) is 0 Å². The van der Waals surface area contributed by atoms with Crippen molar-refractivity contribution in [2.45, 2.75) is 57.0 Å². The van der Waals surface area contributed by atoms with Crippen LogP contribution in [0.2, 0.25) is 0 Å². The van der Waals surface area contributed by atoms with Crippen LogP contribution in [0, 0.1) is 0 Å². The van der Waals surface area contributed by atoms with E-state index < -0.39 is 5.41 Å². The Balaban J connectivity index is 1.38. The standard InChI is InChI=1S/C26H33BrN2O2/c27-24-11-9-23(10-12-24)26(13-17-31-18-14-26)25(30)28-19-21-5-7-22(8-6-21)20-29-15-3-1-2-4-16-29/h5-12H,1-4,13-20H2,(H,28,30). The van der Waals surface area contributed by atoms with Gasteiger partial charge in [-0.25, -0.2) is 0 Å². The minimum atomic E-state index is -0.508. The maximum atomic E-state index is 13.4. The number of halogens is 1. The molecule has 2 aromatic rings. The smallest absolute Gasteiger partial charge is 0.231 e. The molecule has 2 heterocycles. The lowest BCUT2D eigenvalue weighted by atomic mass is 9.73. The second kappa shape index (κ2) is 10.8. The Kier molecular flexibility index (Phi) is 7.81. The molecule has 4 rings (SSSR count). The average Bonchev–Trinajstić information content (AvgIpc) is 3.08. The van der Waals surface area contributed by atoms with Crippen LogP contribution in [0.5, 0.6) is 0 Å². The first-order valence-corrected chi connectivity index (χ1v) is 12.4. The molecule has 0 bridgehead atoms. The van der Waals surface area contributed by atoms with Gasteiger partial charge >= 0.3 is 0 Å². The summed E-state index contributed by atoms with van der Waals surface area (Å²) in [5.74, 6) is 0.103. The molecular formula is C26H33BrN2O2. The molecule has 31 heavy (non-hydrogen) atoms. The lowest BCUT2D eigenvalue weighted by Crippen LogP contribution is -2.47. The molecule has 0 saturated carbocycles. The highest BCUT2D eigenvalue weighted by molar-refractivity contribution is 9.10. The number of nitrogens with one attached hydrogen (secondary N) is 1. The third-order valence-electron chi connectivity index (χ3n) is 6.76. The van der Waals surface area contributed by atoms with Crippen molar-refractivity contribution < 1.29 is 9.53 Å². The van der Waals surface area contributed by atoms with E-state index in [1.807, 2.05) is 12.1 Å². The number of nitrogens with zero attached hydrogens (tertiary/aromatic N) is 1. The van der Waals surface area contributed by atoms with E-state index in [1.165, 1.54) is 44.3 Å². The fourth-order valence-electron chi connectivity index (χ4n) is 4.80. The number of hydrogen-bond donors (Lipinski definition) is 1. The molecule has 2 fully saturated rings. The lowest BCUT2D eigenvalue weighted by Gasteiger charge is -2.36. The van der Waals surface area contributed by atoms with E-state index in [0.29, 0.717) is 19.8 Å². The Morgan fingerprint density at radius 3 is 2.16 bits per heavy atom. The van der Waals surface area contributed by atoms with Crippen molar-refractivity contribution in [2.75, 3.05) is 26.3 Å². The Bertz CT molecular complexity index is 837. The Labute approximate surface area is 194 Å². The molecular weight excluding hydrogens is 452 g/mol. The molecule has 2 saturated heterocycles. The van der Waals surface area contributed by atoms with Gasteiger partial charge in [0.1, 0.15) is 0 Å². The molecule has 0 spiro atoms. The van der Waals surface area contributed by atoms with Gasteiger partial charge in [0.15, 0.2) is 0 Å². The molecule has 4 nitrogen and oxygen atoms in total. The van der Waals surface area contributed by atoms with E-state index in [2.05, 4.69) is 62.5 Å². The number of likely N-dealkylation sites (tertiary alicyclic amines) is 1. The molecule has 0 unspecified atom stereocenters. The number of carbonyl (C=O) groups is 1. The average molecular weight is 485 g/mol. The summed E-state index contributed by atoms with van der Waals surface area (Å²) in [6, 6.07) is 16.9. The highest BCUT2D eigenvalue weighted by Gasteiger charge is 2.41. The van der Waals surface area contributed by atoms with Crippen LogP contribution in [0.15, 0.2) is 53.0 Å². The minimum Gasteiger partial charge on any atom is -0.381 e. The molecule has 166 valence electrons. The van der Waals surface area contributed by atoms with E-state index in [9.17, 15) is 4.79 Å². The molecule has 1 amide bonds. The van der Waals surface area contributed by atoms with Crippen LogP contribution in [-0.2, 0) is 28.0 Å². The van der Waals surface area contributed by atoms with Crippen molar-refractivity contribution in [3.05, 3.63) is 69.7 Å². The summed E-state index contributed by atoms with van der Waals surface area (Å²) < 4.78 is 6.60. The van der Waals surface area contributed by atoms with Crippen molar-refractivity contribution in [1.82, 2.24) is 10.2 Å². The van der Waals surface area contributed by atoms with Crippen LogP contribution >= 0.6 is 15.9 Å². The highest BCUT2D eigenvalue weighted by atomic mass is 79.9. The molecule has 5 heteroatoms. The monoisotopic (exact) mass is 484 g/mol. The molecule has 1 N–H and O–H groups in total. The van der Waals surface area contributed by atoms with Gasteiger partial charge in [-0.05, 0) is 67.6 Å². The Morgan fingerprint density at radius 2 is 1.52 bits per heavy atom. The summed E-state index contributed by atoms with van der Waals surface area (Å²) in [4.78, 5) is 15.9. The summed E-state index contributed by atoms with van der Waals surface area (Å²) in [7, 11) is 0. The predicted molar refractivity (Wildman–Crippen MR) is 128 cm³/mol. The third kappa shape index (κ3) is 5.76. The fraction of sp³-hybridized carbons (Fsp3) is 0.500. The summed E-state index contributed by atoms with van der Waals surface area (Å²) in [6.45, 7) is 5.24. The van der Waals surface area contributed by atoms with Crippen LogP contribution in [-0.4, -0.2) is 37.1 Å². The summed E-state index contributed by atoms with van der Waals surface area (Å²) in [5.41, 5.74) is 3.06. The molecule has 2 aromatic carbocycles. The topological polar surface area (TPSA) is 41.6 Å². The van der Waals surface area contributed by atoms with E-state index in [1.54, 1.807) is 0 Å². The first-order chi connectivity index (χ1) is 15.2. The van der Waals surface area contributed by atoms with Gasteiger partial charge in [0.05, 0.1) is 5.41 Å². The van der Waals surface area contributed by atoms with Crippen molar-refractivity contribution in [1.29, 1.82) is 0 Å². The zero-order valence-corrected chi connectivity index (χ0v) is 19.8. The normalized spacial score (nSPS) is 19.5. The summed E-state index contributed by atoms with van der Waals surface area (Å²) in [6.07, 6.45) is 6.79. The Hall–Kier alpha value is -1.69. The number of hydrogen-bond acceptors (Lipinski definition) is 3. The number of ether oxygens (including phenoxy) is 1. The van der Waals surface area contributed by atoms with Crippen LogP contribution in [0.3, 0.4) is 0 Å². The second-order valence-corrected chi connectivity index (χ2v) is 9.81. The van der Waals surface area contributed by atoms with Crippen molar-refractivity contribution in [2.24, 2.45) is 0 Å². The molecule has 0 aromatic heterocycles. The van der Waals surface area contributed by atoms with Gasteiger partial charge in [0.25, 0.3) is 0 Å². The minimum absolute atomic E-state index is 0.103. The number of benzene rings is 2. The van der Waals surface area contributed by atoms with Crippen LogP contribution in [0.1, 0.15) is 55.2 Å². The zero-order chi connectivity index (χ0) is 21.5. The molecule has 0 radical (unpaired) electrons. The van der Waals surface area contributed by atoms with E-state index >= 15 is 0 Å². The van der Waals surface area contributed by atoms with Gasteiger partial charge in [-0.2, -0.15) is 0 Å². The van der Waals surface area contributed by atoms with E-state index in [4.69, 9.17) is 4.74 Å². The van der Waals surface area contributed by atoms with Gasteiger partial charge in [0, 0.05) is 30.8 Å². The van der Waals surface area contributed by atoms with E-state index in [-0.39, 0.29) is 5.91 Å². The Morgan fingerprint density at radius 1 is 0.903 bits per heavy atom. The van der Waals surface area contributed by atoms with E-state index in [0.717, 1.165) is 35.0 Å². The van der Waals surface area contributed by atoms with Crippen molar-refractivity contribution >= 4 is 21.8 Å².